The molecule has 0 unspecified atom stereocenters. The molecule has 0 radical (unpaired) electrons. The van der Waals surface area contributed by atoms with Crippen LogP contribution < -0.4 is 5.32 Å². The average molecular weight is 250 g/mol. The average Bonchev–Trinajstić information content (AvgIpc) is 2.74. The maximum atomic E-state index is 6.12. The predicted molar refractivity (Wildman–Crippen MR) is 69.5 cm³/mol. The summed E-state index contributed by atoms with van der Waals surface area (Å²) in [5, 5.41) is 4.12. The third-order valence-electron chi connectivity index (χ3n) is 3.44. The first-order valence-corrected chi connectivity index (χ1v) is 6.53. The van der Waals surface area contributed by atoms with Crippen molar-refractivity contribution in [3.63, 3.8) is 0 Å². The quantitative estimate of drug-likeness (QED) is 0.886. The molecule has 17 heavy (non-hydrogen) atoms. The van der Waals surface area contributed by atoms with E-state index in [-0.39, 0.29) is 0 Å². The van der Waals surface area contributed by atoms with Crippen molar-refractivity contribution >= 4 is 17.2 Å². The van der Waals surface area contributed by atoms with Gasteiger partial charge in [-0.1, -0.05) is 11.6 Å². The lowest BCUT2D eigenvalue weighted by Crippen LogP contribution is -2.28. The van der Waals surface area contributed by atoms with E-state index in [1.165, 1.54) is 12.8 Å². The largest absolute Gasteiger partial charge is 0.317 e. The lowest BCUT2D eigenvalue weighted by molar-refractivity contribution is 0.370. The van der Waals surface area contributed by atoms with Crippen molar-refractivity contribution in [1.82, 2.24) is 14.7 Å². The van der Waals surface area contributed by atoms with E-state index in [1.807, 2.05) is 22.7 Å². The second-order valence-corrected chi connectivity index (χ2v) is 5.12. The van der Waals surface area contributed by atoms with Crippen LogP contribution in [0.3, 0.4) is 0 Å². The van der Waals surface area contributed by atoms with Crippen LogP contribution in [-0.2, 0) is 6.42 Å². The van der Waals surface area contributed by atoms with Gasteiger partial charge in [-0.25, -0.2) is 4.98 Å². The fourth-order valence-electron chi connectivity index (χ4n) is 2.51. The van der Waals surface area contributed by atoms with Crippen LogP contribution >= 0.6 is 11.6 Å². The van der Waals surface area contributed by atoms with E-state index in [9.17, 15) is 0 Å². The summed E-state index contributed by atoms with van der Waals surface area (Å²) in [7, 11) is 0. The predicted octanol–water partition coefficient (Wildman–Crippen LogP) is 2.53. The Hall–Kier alpha value is -1.06. The van der Waals surface area contributed by atoms with Gasteiger partial charge in [0.05, 0.1) is 10.7 Å². The van der Waals surface area contributed by atoms with Crippen LogP contribution in [0.15, 0.2) is 24.5 Å². The Morgan fingerprint density at radius 1 is 1.41 bits per heavy atom. The molecule has 0 bridgehead atoms. The van der Waals surface area contributed by atoms with Crippen molar-refractivity contribution in [1.29, 1.82) is 0 Å². The van der Waals surface area contributed by atoms with Crippen molar-refractivity contribution in [3.8, 4) is 0 Å². The zero-order chi connectivity index (χ0) is 11.7. The molecule has 1 aliphatic heterocycles. The minimum absolute atomic E-state index is 0.726. The highest BCUT2D eigenvalue weighted by Gasteiger charge is 2.15. The van der Waals surface area contributed by atoms with Gasteiger partial charge in [0.25, 0.3) is 0 Å². The van der Waals surface area contributed by atoms with Gasteiger partial charge in [0.2, 0.25) is 0 Å². The molecule has 1 aliphatic rings. The van der Waals surface area contributed by atoms with Crippen LogP contribution in [0.1, 0.15) is 18.5 Å². The van der Waals surface area contributed by atoms with E-state index in [1.54, 1.807) is 0 Å². The number of imidazole rings is 1. The highest BCUT2D eigenvalue weighted by atomic mass is 35.5. The van der Waals surface area contributed by atoms with Crippen molar-refractivity contribution in [2.24, 2.45) is 5.92 Å². The summed E-state index contributed by atoms with van der Waals surface area (Å²) in [6.45, 7) is 2.28. The molecule has 2 aromatic heterocycles. The number of aromatic nitrogens is 2. The van der Waals surface area contributed by atoms with Crippen molar-refractivity contribution in [2.75, 3.05) is 13.1 Å². The Kier molecular flexibility index (Phi) is 3.04. The van der Waals surface area contributed by atoms with Gasteiger partial charge >= 0.3 is 0 Å². The summed E-state index contributed by atoms with van der Waals surface area (Å²) in [6.07, 6.45) is 7.67. The molecule has 0 aliphatic carbocycles. The first kappa shape index (κ1) is 11.1. The van der Waals surface area contributed by atoms with Gasteiger partial charge in [-0.2, -0.15) is 0 Å². The standard InChI is InChI=1S/C13H16ClN3/c14-12-2-1-7-17-9-11(16-13(12)17)8-10-3-5-15-6-4-10/h1-2,7,9-10,15H,3-6,8H2. The Bertz CT molecular complexity index is 514. The smallest absolute Gasteiger partial charge is 0.155 e. The highest BCUT2D eigenvalue weighted by Crippen LogP contribution is 2.20. The Labute approximate surface area is 106 Å². The van der Waals surface area contributed by atoms with Crippen LogP contribution in [0.25, 0.3) is 5.65 Å². The molecule has 0 saturated carbocycles. The number of pyridine rings is 1. The SMILES string of the molecule is Clc1cccn2cc(CC3CCNCC3)nc12. The molecule has 1 fully saturated rings. The summed E-state index contributed by atoms with van der Waals surface area (Å²) < 4.78 is 2.01. The maximum absolute atomic E-state index is 6.12. The topological polar surface area (TPSA) is 29.3 Å². The monoisotopic (exact) mass is 249 g/mol. The number of fused-ring (bicyclic) bond motifs is 1. The third-order valence-corrected chi connectivity index (χ3v) is 3.74. The number of piperidine rings is 1. The third kappa shape index (κ3) is 2.31. The van der Waals surface area contributed by atoms with E-state index in [4.69, 9.17) is 11.6 Å². The molecular weight excluding hydrogens is 234 g/mol. The summed E-state index contributed by atoms with van der Waals surface area (Å²) in [6, 6.07) is 3.84. The highest BCUT2D eigenvalue weighted by molar-refractivity contribution is 6.33. The molecular formula is C13H16ClN3. The van der Waals surface area contributed by atoms with Gasteiger partial charge in [-0.15, -0.1) is 0 Å². The Morgan fingerprint density at radius 3 is 3.00 bits per heavy atom. The summed E-state index contributed by atoms with van der Waals surface area (Å²) in [5.74, 6) is 0.764. The molecule has 3 nitrogen and oxygen atoms in total. The molecule has 0 amide bonds. The summed E-state index contributed by atoms with van der Waals surface area (Å²) in [5.41, 5.74) is 2.03. The number of halogens is 1. The van der Waals surface area contributed by atoms with E-state index < -0.39 is 0 Å². The lowest BCUT2D eigenvalue weighted by Gasteiger charge is -2.21. The maximum Gasteiger partial charge on any atom is 0.155 e. The van der Waals surface area contributed by atoms with Gasteiger partial charge in [0.1, 0.15) is 0 Å². The number of hydrogen-bond donors (Lipinski definition) is 1. The normalized spacial score (nSPS) is 17.7. The molecule has 2 aromatic rings. The van der Waals surface area contributed by atoms with Crippen molar-refractivity contribution in [2.45, 2.75) is 19.3 Å². The van der Waals surface area contributed by atoms with Gasteiger partial charge in [-0.05, 0) is 50.4 Å². The van der Waals surface area contributed by atoms with E-state index in [2.05, 4.69) is 16.5 Å². The molecule has 3 heterocycles. The molecule has 1 saturated heterocycles. The number of nitrogens with zero attached hydrogens (tertiary/aromatic N) is 2. The minimum atomic E-state index is 0.726. The first-order chi connectivity index (χ1) is 8.33. The molecule has 90 valence electrons. The van der Waals surface area contributed by atoms with Crippen LogP contribution in [-0.4, -0.2) is 22.5 Å². The lowest BCUT2D eigenvalue weighted by atomic mass is 9.93. The van der Waals surface area contributed by atoms with Gasteiger partial charge in [0.15, 0.2) is 5.65 Å². The van der Waals surface area contributed by atoms with Crippen LogP contribution in [0.4, 0.5) is 0 Å². The Balaban J connectivity index is 1.83. The van der Waals surface area contributed by atoms with Crippen LogP contribution in [0.5, 0.6) is 0 Å². The van der Waals surface area contributed by atoms with Crippen LogP contribution in [0.2, 0.25) is 5.02 Å². The van der Waals surface area contributed by atoms with Crippen molar-refractivity contribution < 1.29 is 0 Å². The van der Waals surface area contributed by atoms with E-state index in [0.29, 0.717) is 0 Å². The van der Waals surface area contributed by atoms with E-state index in [0.717, 1.165) is 41.8 Å². The second kappa shape index (κ2) is 4.67. The first-order valence-electron chi connectivity index (χ1n) is 6.16. The van der Waals surface area contributed by atoms with Gasteiger partial charge in [-0.3, -0.25) is 0 Å². The number of nitrogens with one attached hydrogen (secondary N) is 1. The van der Waals surface area contributed by atoms with Gasteiger partial charge < -0.3 is 9.72 Å². The van der Waals surface area contributed by atoms with Crippen LogP contribution in [0, 0.1) is 5.92 Å². The molecule has 3 rings (SSSR count). The minimum Gasteiger partial charge on any atom is -0.317 e. The molecule has 1 N–H and O–H groups in total. The summed E-state index contributed by atoms with van der Waals surface area (Å²) >= 11 is 6.12. The zero-order valence-electron chi connectivity index (χ0n) is 9.69. The zero-order valence-corrected chi connectivity index (χ0v) is 10.5. The van der Waals surface area contributed by atoms with E-state index >= 15 is 0 Å². The number of hydrogen-bond acceptors (Lipinski definition) is 2. The van der Waals surface area contributed by atoms with Gasteiger partial charge in [0, 0.05) is 12.4 Å². The molecule has 4 heteroatoms. The fourth-order valence-corrected chi connectivity index (χ4v) is 2.72. The second-order valence-electron chi connectivity index (χ2n) is 4.72. The fraction of sp³-hybridized carbons (Fsp3) is 0.462. The van der Waals surface area contributed by atoms with Crippen molar-refractivity contribution in [3.05, 3.63) is 35.2 Å². The number of rotatable bonds is 2. The molecule has 0 spiro atoms. The molecule has 0 atom stereocenters. The molecule has 0 aromatic carbocycles. The Morgan fingerprint density at radius 2 is 2.24 bits per heavy atom. The summed E-state index contributed by atoms with van der Waals surface area (Å²) in [4.78, 5) is 4.62.